The monoisotopic (exact) mass is 363 g/mol. The molecule has 0 radical (unpaired) electrons. The SMILES string of the molecule is CCC[C@H]1CN(S(C)(=O)=O)CC1C(=O)c1ccc(C(F)(F)F)cc1. The molecule has 1 unspecified atom stereocenters. The molecule has 0 aliphatic carbocycles. The van der Waals surface area contributed by atoms with Crippen LogP contribution in [-0.4, -0.2) is 37.9 Å². The minimum Gasteiger partial charge on any atom is -0.294 e. The van der Waals surface area contributed by atoms with Crippen LogP contribution in [0.15, 0.2) is 24.3 Å². The van der Waals surface area contributed by atoms with Crippen molar-refractivity contribution in [2.75, 3.05) is 19.3 Å². The summed E-state index contributed by atoms with van der Waals surface area (Å²) in [6, 6.07) is 4.09. The van der Waals surface area contributed by atoms with Crippen molar-refractivity contribution >= 4 is 15.8 Å². The fourth-order valence-corrected chi connectivity index (χ4v) is 3.99. The molecule has 24 heavy (non-hydrogen) atoms. The van der Waals surface area contributed by atoms with Gasteiger partial charge in [0.05, 0.1) is 11.8 Å². The lowest BCUT2D eigenvalue weighted by atomic mass is 9.85. The van der Waals surface area contributed by atoms with Crippen LogP contribution in [0.2, 0.25) is 0 Å². The average molecular weight is 363 g/mol. The molecule has 2 atom stereocenters. The summed E-state index contributed by atoms with van der Waals surface area (Å²) < 4.78 is 62.6. The molecule has 0 amide bonds. The Balaban J connectivity index is 2.23. The van der Waals surface area contributed by atoms with Gasteiger partial charge in [-0.3, -0.25) is 4.79 Å². The number of nitrogens with zero attached hydrogens (tertiary/aromatic N) is 1. The molecular formula is C16H20F3NO3S. The van der Waals surface area contributed by atoms with Gasteiger partial charge in [-0.15, -0.1) is 0 Å². The Kier molecular flexibility index (Phi) is 5.39. The summed E-state index contributed by atoms with van der Waals surface area (Å²) in [5.74, 6) is -0.927. The molecule has 1 heterocycles. The van der Waals surface area contributed by atoms with Gasteiger partial charge in [-0.2, -0.15) is 13.2 Å². The summed E-state index contributed by atoms with van der Waals surface area (Å²) in [5.41, 5.74) is -0.627. The van der Waals surface area contributed by atoms with E-state index in [0.29, 0.717) is 6.42 Å². The van der Waals surface area contributed by atoms with E-state index in [9.17, 15) is 26.4 Å². The molecule has 2 rings (SSSR count). The lowest BCUT2D eigenvalue weighted by Crippen LogP contribution is -2.28. The molecule has 1 fully saturated rings. The van der Waals surface area contributed by atoms with E-state index < -0.39 is 27.7 Å². The largest absolute Gasteiger partial charge is 0.416 e. The summed E-state index contributed by atoms with van der Waals surface area (Å²) in [6.07, 6.45) is -1.85. The van der Waals surface area contributed by atoms with Gasteiger partial charge in [0.1, 0.15) is 0 Å². The van der Waals surface area contributed by atoms with E-state index in [-0.39, 0.29) is 30.4 Å². The van der Waals surface area contributed by atoms with Crippen molar-refractivity contribution in [3.8, 4) is 0 Å². The van der Waals surface area contributed by atoms with Crippen LogP contribution in [0.1, 0.15) is 35.7 Å². The average Bonchev–Trinajstić information content (AvgIpc) is 2.90. The zero-order valence-corrected chi connectivity index (χ0v) is 14.3. The van der Waals surface area contributed by atoms with Crippen LogP contribution in [0.3, 0.4) is 0 Å². The van der Waals surface area contributed by atoms with Gasteiger partial charge in [0, 0.05) is 24.6 Å². The molecule has 8 heteroatoms. The number of halogens is 3. The molecule has 1 aromatic rings. The van der Waals surface area contributed by atoms with Crippen molar-refractivity contribution in [1.29, 1.82) is 0 Å². The maximum Gasteiger partial charge on any atom is 0.416 e. The van der Waals surface area contributed by atoms with Gasteiger partial charge < -0.3 is 0 Å². The quantitative estimate of drug-likeness (QED) is 0.755. The Morgan fingerprint density at radius 2 is 1.79 bits per heavy atom. The van der Waals surface area contributed by atoms with Crippen LogP contribution in [0.25, 0.3) is 0 Å². The zero-order chi connectivity index (χ0) is 18.1. The fraction of sp³-hybridized carbons (Fsp3) is 0.562. The first-order chi connectivity index (χ1) is 11.0. The number of sulfonamides is 1. The topological polar surface area (TPSA) is 54.5 Å². The van der Waals surface area contributed by atoms with Gasteiger partial charge in [-0.25, -0.2) is 12.7 Å². The standard InChI is InChI=1S/C16H20F3NO3S/c1-3-4-12-9-20(24(2,22)23)10-14(12)15(21)11-5-7-13(8-6-11)16(17,18)19/h5-8,12,14H,3-4,9-10H2,1-2H3/t12-,14?/m0/s1. The normalized spacial score (nSPS) is 22.7. The highest BCUT2D eigenvalue weighted by molar-refractivity contribution is 7.88. The number of hydrogen-bond acceptors (Lipinski definition) is 3. The zero-order valence-electron chi connectivity index (χ0n) is 13.5. The van der Waals surface area contributed by atoms with Gasteiger partial charge in [0.15, 0.2) is 5.78 Å². The van der Waals surface area contributed by atoms with Gasteiger partial charge in [0.25, 0.3) is 0 Å². The number of carbonyl (C=O) groups is 1. The van der Waals surface area contributed by atoms with E-state index in [2.05, 4.69) is 0 Å². The van der Waals surface area contributed by atoms with Crippen molar-refractivity contribution in [2.24, 2.45) is 11.8 Å². The number of alkyl halides is 3. The molecule has 1 saturated heterocycles. The minimum absolute atomic E-state index is 0.0867. The van der Waals surface area contributed by atoms with Gasteiger partial charge >= 0.3 is 6.18 Å². The predicted molar refractivity (Wildman–Crippen MR) is 84.1 cm³/mol. The molecular weight excluding hydrogens is 343 g/mol. The van der Waals surface area contributed by atoms with Gasteiger partial charge in [0.2, 0.25) is 10.0 Å². The van der Waals surface area contributed by atoms with E-state index in [1.807, 2.05) is 6.92 Å². The first kappa shape index (κ1) is 18.9. The first-order valence-corrected chi connectivity index (χ1v) is 9.55. The van der Waals surface area contributed by atoms with Crippen LogP contribution >= 0.6 is 0 Å². The molecule has 134 valence electrons. The maximum atomic E-state index is 12.7. The highest BCUT2D eigenvalue weighted by Crippen LogP contribution is 2.33. The second-order valence-electron chi connectivity index (χ2n) is 6.17. The van der Waals surface area contributed by atoms with E-state index in [0.717, 1.165) is 36.9 Å². The third-order valence-corrected chi connectivity index (χ3v) is 5.61. The van der Waals surface area contributed by atoms with Gasteiger partial charge in [-0.05, 0) is 24.5 Å². The second-order valence-corrected chi connectivity index (χ2v) is 8.16. The lowest BCUT2D eigenvalue weighted by Gasteiger charge is -2.16. The van der Waals surface area contributed by atoms with Crippen LogP contribution < -0.4 is 0 Å². The van der Waals surface area contributed by atoms with Crippen molar-refractivity contribution in [2.45, 2.75) is 25.9 Å². The Morgan fingerprint density at radius 3 is 2.25 bits per heavy atom. The van der Waals surface area contributed by atoms with Crippen LogP contribution in [0.4, 0.5) is 13.2 Å². The molecule has 0 aromatic heterocycles. The van der Waals surface area contributed by atoms with E-state index >= 15 is 0 Å². The van der Waals surface area contributed by atoms with Crippen molar-refractivity contribution in [1.82, 2.24) is 4.31 Å². The molecule has 0 N–H and O–H groups in total. The summed E-state index contributed by atoms with van der Waals surface area (Å²) in [4.78, 5) is 12.7. The molecule has 1 aromatic carbocycles. The molecule has 0 spiro atoms. The third-order valence-electron chi connectivity index (χ3n) is 4.37. The smallest absolute Gasteiger partial charge is 0.294 e. The van der Waals surface area contributed by atoms with Crippen molar-refractivity contribution < 1.29 is 26.4 Å². The second kappa shape index (κ2) is 6.84. The summed E-state index contributed by atoms with van der Waals surface area (Å²) in [7, 11) is -3.40. The van der Waals surface area contributed by atoms with Crippen LogP contribution in [0, 0.1) is 11.8 Å². The van der Waals surface area contributed by atoms with E-state index in [1.165, 1.54) is 4.31 Å². The van der Waals surface area contributed by atoms with E-state index in [1.54, 1.807) is 0 Å². The lowest BCUT2D eigenvalue weighted by molar-refractivity contribution is -0.137. The Labute approximate surface area is 139 Å². The summed E-state index contributed by atoms with van der Waals surface area (Å²) >= 11 is 0. The minimum atomic E-state index is -4.45. The number of Topliss-reactive ketones (excluding diaryl/α,β-unsaturated/α-hetero) is 1. The predicted octanol–water partition coefficient (Wildman–Crippen LogP) is 3.20. The third kappa shape index (κ3) is 4.16. The highest BCUT2D eigenvalue weighted by Gasteiger charge is 2.40. The Bertz CT molecular complexity index is 698. The van der Waals surface area contributed by atoms with Gasteiger partial charge in [-0.1, -0.05) is 25.5 Å². The molecule has 1 aliphatic heterocycles. The Hall–Kier alpha value is -1.41. The molecule has 4 nitrogen and oxygen atoms in total. The number of carbonyl (C=O) groups excluding carboxylic acids is 1. The van der Waals surface area contributed by atoms with E-state index in [4.69, 9.17) is 0 Å². The number of benzene rings is 1. The Morgan fingerprint density at radius 1 is 1.21 bits per heavy atom. The highest BCUT2D eigenvalue weighted by atomic mass is 32.2. The number of hydrogen-bond donors (Lipinski definition) is 0. The maximum absolute atomic E-state index is 12.7. The number of rotatable bonds is 5. The first-order valence-electron chi connectivity index (χ1n) is 7.70. The van der Waals surface area contributed by atoms with Crippen LogP contribution in [-0.2, 0) is 16.2 Å². The summed E-state index contributed by atoms with van der Waals surface area (Å²) in [6.45, 7) is 2.32. The molecule has 0 bridgehead atoms. The van der Waals surface area contributed by atoms with Crippen molar-refractivity contribution in [3.05, 3.63) is 35.4 Å². The molecule has 0 saturated carbocycles. The van der Waals surface area contributed by atoms with Crippen molar-refractivity contribution in [3.63, 3.8) is 0 Å². The van der Waals surface area contributed by atoms with Crippen LogP contribution in [0.5, 0.6) is 0 Å². The summed E-state index contributed by atoms with van der Waals surface area (Å²) in [5, 5.41) is 0. The fourth-order valence-electron chi connectivity index (χ4n) is 3.10. The molecule has 1 aliphatic rings. The number of ketones is 1.